The highest BCUT2D eigenvalue weighted by molar-refractivity contribution is 9.10. The van der Waals surface area contributed by atoms with E-state index in [0.29, 0.717) is 40.1 Å². The molecule has 2 amide bonds. The number of aryl methyl sites for hydroxylation is 2. The van der Waals surface area contributed by atoms with Crippen LogP contribution in [0, 0.1) is 19.8 Å². The number of fused-ring (bicyclic) bond motifs is 1. The maximum atomic E-state index is 13.6. The van der Waals surface area contributed by atoms with Crippen LogP contribution in [0.15, 0.2) is 47.3 Å². The second-order valence-corrected chi connectivity index (χ2v) is 10.8. The summed E-state index contributed by atoms with van der Waals surface area (Å²) in [4.78, 5) is 53.7. The Labute approximate surface area is 234 Å². The zero-order chi connectivity index (χ0) is 27.8. The number of ketones is 1. The highest BCUT2D eigenvalue weighted by Crippen LogP contribution is 2.28. The smallest absolute Gasteiger partial charge is 0.248 e. The average Bonchev–Trinajstić information content (AvgIpc) is 3.47. The lowest BCUT2D eigenvalue weighted by Crippen LogP contribution is -2.44. The van der Waals surface area contributed by atoms with Gasteiger partial charge < -0.3 is 10.2 Å². The predicted octanol–water partition coefficient (Wildman–Crippen LogP) is 4.35. The van der Waals surface area contributed by atoms with E-state index < -0.39 is 6.04 Å². The molecule has 3 aromatic heterocycles. The first-order valence-electron chi connectivity index (χ1n) is 12.6. The van der Waals surface area contributed by atoms with Gasteiger partial charge in [0.2, 0.25) is 11.8 Å². The molecule has 2 atom stereocenters. The maximum absolute atomic E-state index is 13.6. The summed E-state index contributed by atoms with van der Waals surface area (Å²) >= 11 is 3.34. The Morgan fingerprint density at radius 1 is 1.08 bits per heavy atom. The fourth-order valence-electron chi connectivity index (χ4n) is 4.90. The normalized spacial score (nSPS) is 17.0. The van der Waals surface area contributed by atoms with Crippen LogP contribution in [-0.2, 0) is 16.1 Å². The third-order valence-corrected chi connectivity index (χ3v) is 7.36. The van der Waals surface area contributed by atoms with E-state index in [1.165, 1.54) is 6.92 Å². The van der Waals surface area contributed by atoms with Gasteiger partial charge in [0, 0.05) is 36.8 Å². The van der Waals surface area contributed by atoms with Gasteiger partial charge in [0.15, 0.2) is 5.78 Å². The van der Waals surface area contributed by atoms with Crippen molar-refractivity contribution in [1.29, 1.82) is 0 Å². The van der Waals surface area contributed by atoms with Gasteiger partial charge in [-0.1, -0.05) is 19.1 Å². The Hall–Kier alpha value is -3.99. The van der Waals surface area contributed by atoms with Crippen LogP contribution in [0.25, 0.3) is 22.0 Å². The average molecular weight is 590 g/mol. The molecule has 1 aliphatic heterocycles. The lowest BCUT2D eigenvalue weighted by Gasteiger charge is -2.24. The predicted molar refractivity (Wildman–Crippen MR) is 150 cm³/mol. The van der Waals surface area contributed by atoms with E-state index in [4.69, 9.17) is 0 Å². The van der Waals surface area contributed by atoms with E-state index in [2.05, 4.69) is 41.3 Å². The molecule has 0 aliphatic carbocycles. The number of hydrogen-bond acceptors (Lipinski definition) is 7. The third-order valence-electron chi connectivity index (χ3n) is 6.92. The Balaban J connectivity index is 1.41. The molecule has 4 aromatic rings. The van der Waals surface area contributed by atoms with Gasteiger partial charge in [-0.05, 0) is 71.4 Å². The topological polar surface area (TPSA) is 123 Å². The largest absolute Gasteiger partial charge is 0.329 e. The Morgan fingerprint density at radius 2 is 1.82 bits per heavy atom. The number of nitrogens with zero attached hydrogens (tertiary/aromatic N) is 6. The number of pyridine rings is 1. The van der Waals surface area contributed by atoms with Crippen molar-refractivity contribution in [2.24, 2.45) is 5.92 Å². The van der Waals surface area contributed by atoms with Gasteiger partial charge in [-0.2, -0.15) is 5.10 Å². The number of nitrogens with one attached hydrogen (secondary N) is 1. The Kier molecular flexibility index (Phi) is 7.26. The number of rotatable bonds is 6. The fourth-order valence-corrected chi connectivity index (χ4v) is 5.21. The molecule has 1 fully saturated rings. The van der Waals surface area contributed by atoms with E-state index in [1.807, 2.05) is 45.0 Å². The first-order chi connectivity index (χ1) is 18.6. The summed E-state index contributed by atoms with van der Waals surface area (Å²) in [5.41, 5.74) is 3.43. The van der Waals surface area contributed by atoms with Gasteiger partial charge >= 0.3 is 0 Å². The van der Waals surface area contributed by atoms with Gasteiger partial charge in [0.05, 0.1) is 5.52 Å². The molecule has 4 heterocycles. The molecular formula is C28H28BrN7O3. The minimum absolute atomic E-state index is 0.0958. The van der Waals surface area contributed by atoms with Gasteiger partial charge in [-0.15, -0.1) is 0 Å². The number of benzene rings is 1. The molecule has 0 saturated carbocycles. The summed E-state index contributed by atoms with van der Waals surface area (Å²) in [6.45, 7) is 7.51. The Morgan fingerprint density at radius 3 is 2.54 bits per heavy atom. The van der Waals surface area contributed by atoms with Crippen molar-refractivity contribution in [1.82, 2.24) is 29.6 Å². The van der Waals surface area contributed by atoms with Crippen LogP contribution in [0.3, 0.4) is 0 Å². The van der Waals surface area contributed by atoms with E-state index >= 15 is 0 Å². The standard InChI is InChI=1S/C28H28BrN7O3/c1-15-9-23(28(39)33-27-16(2)5-8-24(29)32-27)35(13-15)25(38)14-36-22-7-6-19(20-11-30-18(4)31-12-20)10-21(22)26(34-36)17(3)37/h5-8,10-12,15,23H,9,13-14H2,1-4H3,(H,32,33,39). The van der Waals surface area contributed by atoms with Crippen LogP contribution >= 0.6 is 15.9 Å². The number of halogens is 1. The van der Waals surface area contributed by atoms with E-state index in [-0.39, 0.29) is 35.8 Å². The van der Waals surface area contributed by atoms with Gasteiger partial charge in [0.1, 0.15) is 34.5 Å². The molecule has 0 bridgehead atoms. The molecule has 10 nitrogen and oxygen atoms in total. The lowest BCUT2D eigenvalue weighted by molar-refractivity contribution is -0.137. The zero-order valence-corrected chi connectivity index (χ0v) is 23.7. The van der Waals surface area contributed by atoms with Gasteiger partial charge in [-0.25, -0.2) is 15.0 Å². The second-order valence-electron chi connectivity index (χ2n) is 10.0. The molecule has 1 N–H and O–H groups in total. The summed E-state index contributed by atoms with van der Waals surface area (Å²) in [5, 5.41) is 8.03. The minimum Gasteiger partial charge on any atom is -0.329 e. The maximum Gasteiger partial charge on any atom is 0.248 e. The number of Topliss-reactive ketones (excluding diaryl/α,β-unsaturated/α-hetero) is 1. The van der Waals surface area contributed by atoms with Crippen molar-refractivity contribution in [3.05, 3.63) is 64.4 Å². The summed E-state index contributed by atoms with van der Waals surface area (Å²) in [6.07, 6.45) is 4.01. The van der Waals surface area contributed by atoms with Crippen molar-refractivity contribution in [2.45, 2.75) is 46.7 Å². The van der Waals surface area contributed by atoms with Crippen LogP contribution in [0.1, 0.15) is 42.1 Å². The molecule has 0 radical (unpaired) electrons. The van der Waals surface area contributed by atoms with Crippen molar-refractivity contribution < 1.29 is 14.4 Å². The molecule has 1 saturated heterocycles. The summed E-state index contributed by atoms with van der Waals surface area (Å²) in [6, 6.07) is 8.64. The quantitative estimate of drug-likeness (QED) is 0.262. The number of amides is 2. The molecular weight excluding hydrogens is 562 g/mol. The van der Waals surface area contributed by atoms with Crippen molar-refractivity contribution in [3.63, 3.8) is 0 Å². The zero-order valence-electron chi connectivity index (χ0n) is 22.1. The highest BCUT2D eigenvalue weighted by Gasteiger charge is 2.38. The second kappa shape index (κ2) is 10.6. The van der Waals surface area contributed by atoms with Gasteiger partial charge in [-0.3, -0.25) is 19.1 Å². The van der Waals surface area contributed by atoms with Crippen molar-refractivity contribution in [2.75, 3.05) is 11.9 Å². The fraction of sp³-hybridized carbons (Fsp3) is 0.321. The molecule has 1 aromatic carbocycles. The third kappa shape index (κ3) is 5.44. The summed E-state index contributed by atoms with van der Waals surface area (Å²) in [7, 11) is 0. The van der Waals surface area contributed by atoms with E-state index in [0.717, 1.165) is 16.7 Å². The number of aromatic nitrogens is 5. The monoisotopic (exact) mass is 589 g/mol. The number of carbonyl (C=O) groups is 3. The first kappa shape index (κ1) is 26.6. The molecule has 200 valence electrons. The molecule has 11 heteroatoms. The highest BCUT2D eigenvalue weighted by atomic mass is 79.9. The van der Waals surface area contributed by atoms with E-state index in [1.54, 1.807) is 28.0 Å². The van der Waals surface area contributed by atoms with Crippen LogP contribution < -0.4 is 5.32 Å². The minimum atomic E-state index is -0.630. The van der Waals surface area contributed by atoms with Crippen molar-refractivity contribution >= 4 is 50.2 Å². The first-order valence-corrected chi connectivity index (χ1v) is 13.4. The van der Waals surface area contributed by atoms with Crippen LogP contribution in [-0.4, -0.2) is 59.8 Å². The van der Waals surface area contributed by atoms with Crippen LogP contribution in [0.2, 0.25) is 0 Å². The summed E-state index contributed by atoms with van der Waals surface area (Å²) < 4.78 is 2.16. The summed E-state index contributed by atoms with van der Waals surface area (Å²) in [5.74, 6) is 0.562. The molecule has 1 aliphatic rings. The number of likely N-dealkylation sites (tertiary alicyclic amines) is 1. The SMILES string of the molecule is CC(=O)c1nn(CC(=O)N2CC(C)CC2C(=O)Nc2nc(Br)ccc2C)c2ccc(-c3cnc(C)nc3)cc12. The van der Waals surface area contributed by atoms with Crippen LogP contribution in [0.4, 0.5) is 5.82 Å². The van der Waals surface area contributed by atoms with Crippen LogP contribution in [0.5, 0.6) is 0 Å². The Bertz CT molecular complexity index is 1600. The number of hydrogen-bond donors (Lipinski definition) is 1. The lowest BCUT2D eigenvalue weighted by atomic mass is 10.0. The number of anilines is 1. The molecule has 2 unspecified atom stereocenters. The van der Waals surface area contributed by atoms with Gasteiger partial charge in [0.25, 0.3) is 0 Å². The van der Waals surface area contributed by atoms with E-state index in [9.17, 15) is 14.4 Å². The molecule has 5 rings (SSSR count). The van der Waals surface area contributed by atoms with Crippen molar-refractivity contribution in [3.8, 4) is 11.1 Å². The molecule has 0 spiro atoms. The molecule has 39 heavy (non-hydrogen) atoms. The number of carbonyl (C=O) groups excluding carboxylic acids is 3.